The molecule has 1 aliphatic heterocycles. The molecule has 1 aromatic carbocycles. The highest BCUT2D eigenvalue weighted by Crippen LogP contribution is 2.19. The Balaban J connectivity index is 1.56. The first-order valence-electron chi connectivity index (χ1n) is 9.73. The van der Waals surface area contributed by atoms with Crippen molar-refractivity contribution in [2.24, 2.45) is 0 Å². The van der Waals surface area contributed by atoms with E-state index in [4.69, 9.17) is 9.47 Å². The van der Waals surface area contributed by atoms with Gasteiger partial charge in [-0.3, -0.25) is 9.78 Å². The molecule has 2 aromatic heterocycles. The summed E-state index contributed by atoms with van der Waals surface area (Å²) in [5, 5.41) is 4.48. The van der Waals surface area contributed by atoms with E-state index in [2.05, 4.69) is 10.1 Å². The molecule has 1 atom stereocenters. The molecule has 0 N–H and O–H groups in total. The maximum absolute atomic E-state index is 13.3. The van der Waals surface area contributed by atoms with E-state index in [1.54, 1.807) is 36.4 Å². The number of carbonyl (C=O) groups excluding carboxylic acids is 1. The highest BCUT2D eigenvalue weighted by atomic mass is 16.5. The average Bonchev–Trinajstić information content (AvgIpc) is 3.46. The smallest absolute Gasteiger partial charge is 0.274 e. The van der Waals surface area contributed by atoms with E-state index in [1.165, 1.54) is 0 Å². The monoisotopic (exact) mass is 392 g/mol. The minimum atomic E-state index is -0.115. The Bertz CT molecular complexity index is 951. The molecule has 29 heavy (non-hydrogen) atoms. The first-order valence-corrected chi connectivity index (χ1v) is 9.73. The van der Waals surface area contributed by atoms with Crippen LogP contribution in [-0.4, -0.2) is 51.9 Å². The van der Waals surface area contributed by atoms with Crippen LogP contribution in [0.25, 0.3) is 5.69 Å². The maximum Gasteiger partial charge on any atom is 0.274 e. The molecule has 0 saturated carbocycles. The summed E-state index contributed by atoms with van der Waals surface area (Å²) in [5.74, 6) is 0.658. The Kier molecular flexibility index (Phi) is 5.86. The molecule has 0 bridgehead atoms. The molecule has 0 spiro atoms. The van der Waals surface area contributed by atoms with Gasteiger partial charge in [0.15, 0.2) is 5.69 Å². The van der Waals surface area contributed by atoms with E-state index < -0.39 is 0 Å². The molecular weight excluding hydrogens is 368 g/mol. The lowest BCUT2D eigenvalue weighted by molar-refractivity contribution is 0.0502. The summed E-state index contributed by atoms with van der Waals surface area (Å²) < 4.78 is 12.8. The molecule has 0 radical (unpaired) electrons. The van der Waals surface area contributed by atoms with Crippen LogP contribution in [0.5, 0.6) is 5.75 Å². The third kappa shape index (κ3) is 4.63. The minimum absolute atomic E-state index is 0.0619. The number of amides is 1. The normalized spacial score (nSPS) is 16.0. The molecule has 1 saturated heterocycles. The topological polar surface area (TPSA) is 69.5 Å². The first-order chi connectivity index (χ1) is 14.2. The molecule has 3 aromatic rings. The summed E-state index contributed by atoms with van der Waals surface area (Å²) in [4.78, 5) is 19.1. The molecule has 0 aliphatic carbocycles. The first kappa shape index (κ1) is 19.1. The highest BCUT2D eigenvalue weighted by Gasteiger charge is 2.25. The number of benzene rings is 1. The van der Waals surface area contributed by atoms with Crippen LogP contribution in [0.3, 0.4) is 0 Å². The summed E-state index contributed by atoms with van der Waals surface area (Å²) in [5.41, 5.74) is 2.27. The van der Waals surface area contributed by atoms with Crippen LogP contribution < -0.4 is 4.74 Å². The van der Waals surface area contributed by atoms with E-state index >= 15 is 0 Å². The number of pyridine rings is 1. The number of rotatable bonds is 7. The zero-order chi connectivity index (χ0) is 20.1. The van der Waals surface area contributed by atoms with E-state index in [0.717, 1.165) is 36.4 Å². The number of carbonyl (C=O) groups is 1. The van der Waals surface area contributed by atoms with Gasteiger partial charge in [-0.15, -0.1) is 0 Å². The second-order valence-electron chi connectivity index (χ2n) is 7.02. The van der Waals surface area contributed by atoms with E-state index in [1.807, 2.05) is 41.3 Å². The van der Waals surface area contributed by atoms with Gasteiger partial charge in [-0.25, -0.2) is 4.68 Å². The third-order valence-electron chi connectivity index (χ3n) is 4.98. The second kappa shape index (κ2) is 8.87. The van der Waals surface area contributed by atoms with Crippen molar-refractivity contribution in [2.45, 2.75) is 25.5 Å². The van der Waals surface area contributed by atoms with Gasteiger partial charge in [-0.2, -0.15) is 5.10 Å². The van der Waals surface area contributed by atoms with Crippen LogP contribution in [0, 0.1) is 0 Å². The van der Waals surface area contributed by atoms with Crippen molar-refractivity contribution >= 4 is 5.91 Å². The Morgan fingerprint density at radius 1 is 1.28 bits per heavy atom. The number of aromatic nitrogens is 3. The van der Waals surface area contributed by atoms with Gasteiger partial charge >= 0.3 is 0 Å². The minimum Gasteiger partial charge on any atom is -0.497 e. The van der Waals surface area contributed by atoms with Crippen LogP contribution in [0.4, 0.5) is 0 Å². The van der Waals surface area contributed by atoms with Crippen molar-refractivity contribution < 1.29 is 14.3 Å². The van der Waals surface area contributed by atoms with Crippen LogP contribution in [-0.2, 0) is 11.3 Å². The number of nitrogens with zero attached hydrogens (tertiary/aromatic N) is 4. The predicted octanol–water partition coefficient (Wildman–Crippen LogP) is 3.10. The van der Waals surface area contributed by atoms with E-state index in [-0.39, 0.29) is 12.0 Å². The second-order valence-corrected chi connectivity index (χ2v) is 7.02. The van der Waals surface area contributed by atoms with Crippen LogP contribution in [0.1, 0.15) is 28.9 Å². The molecule has 1 fully saturated rings. The summed E-state index contributed by atoms with van der Waals surface area (Å²) in [6, 6.07) is 13.2. The van der Waals surface area contributed by atoms with Gasteiger partial charge in [0.2, 0.25) is 0 Å². The molecule has 4 rings (SSSR count). The lowest BCUT2D eigenvalue weighted by Gasteiger charge is -2.25. The zero-order valence-electron chi connectivity index (χ0n) is 16.4. The van der Waals surface area contributed by atoms with Crippen molar-refractivity contribution in [3.8, 4) is 11.4 Å². The SMILES string of the molecule is COc1cccc(CN(CC2CCCO2)C(=O)c2ccn(-c3ccncc3)n2)c1. The maximum atomic E-state index is 13.3. The van der Waals surface area contributed by atoms with Gasteiger partial charge in [0.1, 0.15) is 5.75 Å². The zero-order valence-corrected chi connectivity index (χ0v) is 16.4. The highest BCUT2D eigenvalue weighted by molar-refractivity contribution is 5.92. The molecule has 3 heterocycles. The van der Waals surface area contributed by atoms with Gasteiger partial charge in [0.25, 0.3) is 5.91 Å². The molecule has 7 heteroatoms. The van der Waals surface area contributed by atoms with E-state index in [0.29, 0.717) is 18.8 Å². The largest absolute Gasteiger partial charge is 0.497 e. The van der Waals surface area contributed by atoms with Crippen molar-refractivity contribution in [3.05, 3.63) is 72.3 Å². The van der Waals surface area contributed by atoms with Crippen LogP contribution in [0.15, 0.2) is 61.1 Å². The van der Waals surface area contributed by atoms with Crippen molar-refractivity contribution in [1.29, 1.82) is 0 Å². The molecular formula is C22H24N4O3. The van der Waals surface area contributed by atoms with Gasteiger partial charge in [0.05, 0.1) is 18.9 Å². The lowest BCUT2D eigenvalue weighted by atomic mass is 10.1. The lowest BCUT2D eigenvalue weighted by Crippen LogP contribution is -2.37. The Morgan fingerprint density at radius 3 is 2.90 bits per heavy atom. The number of methoxy groups -OCH3 is 1. The molecule has 1 amide bonds. The number of hydrogen-bond acceptors (Lipinski definition) is 5. The fourth-order valence-electron chi connectivity index (χ4n) is 3.49. The summed E-state index contributed by atoms with van der Waals surface area (Å²) in [6.45, 7) is 1.76. The van der Waals surface area contributed by atoms with Crippen LogP contribution in [0.2, 0.25) is 0 Å². The van der Waals surface area contributed by atoms with Crippen LogP contribution >= 0.6 is 0 Å². The number of hydrogen-bond donors (Lipinski definition) is 0. The van der Waals surface area contributed by atoms with Gasteiger partial charge in [-0.1, -0.05) is 12.1 Å². The Labute approximate surface area is 169 Å². The summed E-state index contributed by atoms with van der Waals surface area (Å²) >= 11 is 0. The molecule has 1 unspecified atom stereocenters. The molecule has 150 valence electrons. The van der Waals surface area contributed by atoms with Gasteiger partial charge in [0, 0.05) is 38.3 Å². The van der Waals surface area contributed by atoms with E-state index in [9.17, 15) is 4.79 Å². The number of ether oxygens (including phenoxy) is 2. The van der Waals surface area contributed by atoms with Crippen molar-refractivity contribution in [2.75, 3.05) is 20.3 Å². The molecule has 7 nitrogen and oxygen atoms in total. The summed E-state index contributed by atoms with van der Waals surface area (Å²) in [6.07, 6.45) is 7.25. The third-order valence-corrected chi connectivity index (χ3v) is 4.98. The average molecular weight is 392 g/mol. The Hall–Kier alpha value is -3.19. The molecule has 1 aliphatic rings. The van der Waals surface area contributed by atoms with Gasteiger partial charge in [-0.05, 0) is 48.7 Å². The van der Waals surface area contributed by atoms with Crippen molar-refractivity contribution in [1.82, 2.24) is 19.7 Å². The predicted molar refractivity (Wildman–Crippen MR) is 108 cm³/mol. The quantitative estimate of drug-likeness (QED) is 0.618. The standard InChI is InChI=1S/C22H24N4O3/c1-28-19-5-2-4-17(14-19)15-25(16-20-6-3-13-29-20)22(27)21-9-12-26(24-21)18-7-10-23-11-8-18/h2,4-5,7-12,14,20H,3,6,13,15-16H2,1H3. The fraction of sp³-hybridized carbons (Fsp3) is 0.318. The van der Waals surface area contributed by atoms with Crippen molar-refractivity contribution in [3.63, 3.8) is 0 Å². The Morgan fingerprint density at radius 2 is 2.14 bits per heavy atom. The van der Waals surface area contributed by atoms with Gasteiger partial charge < -0.3 is 14.4 Å². The summed E-state index contributed by atoms with van der Waals surface area (Å²) in [7, 11) is 1.64. The fourth-order valence-corrected chi connectivity index (χ4v) is 3.49.